The molecule has 0 spiro atoms. The molecule has 0 unspecified atom stereocenters. The third kappa shape index (κ3) is 3.04. The zero-order valence-electron chi connectivity index (χ0n) is 10.1. The summed E-state index contributed by atoms with van der Waals surface area (Å²) in [5, 5.41) is 3.81. The summed E-state index contributed by atoms with van der Waals surface area (Å²) in [7, 11) is 0. The van der Waals surface area contributed by atoms with Crippen LogP contribution in [-0.2, 0) is 6.18 Å². The average molecular weight is 291 g/mol. The minimum absolute atomic E-state index is 0.00935. The van der Waals surface area contributed by atoms with Crippen molar-refractivity contribution in [3.05, 3.63) is 35.0 Å². The molecule has 0 aliphatic heterocycles. The number of hydrogen-bond acceptors (Lipinski definition) is 3. The smallest absolute Gasteiger partial charge is 0.222 e. The van der Waals surface area contributed by atoms with Gasteiger partial charge >= 0.3 is 6.18 Å². The van der Waals surface area contributed by atoms with Gasteiger partial charge in [-0.25, -0.2) is 14.6 Å². The van der Waals surface area contributed by atoms with Crippen LogP contribution in [0.15, 0.2) is 18.5 Å². The van der Waals surface area contributed by atoms with Crippen LogP contribution in [0.3, 0.4) is 0 Å². The molecule has 0 aliphatic rings. The van der Waals surface area contributed by atoms with Crippen LogP contribution in [0.1, 0.15) is 31.2 Å². The normalized spacial score (nSPS) is 12.2. The van der Waals surface area contributed by atoms with E-state index in [-0.39, 0.29) is 16.9 Å². The quantitative estimate of drug-likeness (QED) is 0.796. The van der Waals surface area contributed by atoms with Crippen molar-refractivity contribution in [3.63, 3.8) is 0 Å². The summed E-state index contributed by atoms with van der Waals surface area (Å²) in [6.07, 6.45) is -2.83. The number of alkyl halides is 3. The SMILES string of the molecule is CC(C)c1nc(Cl)cc(-n2cc(C(F)(F)F)cn2)n1. The van der Waals surface area contributed by atoms with Gasteiger partial charge in [-0.05, 0) is 0 Å². The van der Waals surface area contributed by atoms with E-state index in [9.17, 15) is 13.2 Å². The fourth-order valence-corrected chi connectivity index (χ4v) is 1.58. The van der Waals surface area contributed by atoms with Gasteiger partial charge in [-0.2, -0.15) is 18.3 Å². The van der Waals surface area contributed by atoms with Gasteiger partial charge in [0.15, 0.2) is 5.82 Å². The largest absolute Gasteiger partial charge is 0.419 e. The minimum atomic E-state index is -4.43. The molecule has 0 aromatic carbocycles. The first-order chi connectivity index (χ1) is 8.77. The molecular weight excluding hydrogens is 281 g/mol. The van der Waals surface area contributed by atoms with Crippen molar-refractivity contribution >= 4 is 11.6 Å². The molecule has 2 heterocycles. The van der Waals surface area contributed by atoms with Gasteiger partial charge in [-0.1, -0.05) is 25.4 Å². The first-order valence-corrected chi connectivity index (χ1v) is 5.82. The third-order valence-corrected chi connectivity index (χ3v) is 2.55. The summed E-state index contributed by atoms with van der Waals surface area (Å²) in [5.74, 6) is 0.667. The number of halogens is 4. The van der Waals surface area contributed by atoms with Crippen LogP contribution < -0.4 is 0 Å². The van der Waals surface area contributed by atoms with E-state index in [1.165, 1.54) is 6.07 Å². The Bertz CT molecular complexity index is 592. The van der Waals surface area contributed by atoms with Crippen molar-refractivity contribution in [2.24, 2.45) is 0 Å². The van der Waals surface area contributed by atoms with Gasteiger partial charge in [-0.3, -0.25) is 0 Å². The van der Waals surface area contributed by atoms with E-state index in [0.29, 0.717) is 5.82 Å². The first-order valence-electron chi connectivity index (χ1n) is 5.44. The zero-order valence-corrected chi connectivity index (χ0v) is 10.9. The average Bonchev–Trinajstić information content (AvgIpc) is 2.76. The Labute approximate surface area is 112 Å². The van der Waals surface area contributed by atoms with Gasteiger partial charge in [-0.15, -0.1) is 0 Å². The maximum absolute atomic E-state index is 12.5. The lowest BCUT2D eigenvalue weighted by Crippen LogP contribution is -2.06. The van der Waals surface area contributed by atoms with Crippen molar-refractivity contribution in [1.29, 1.82) is 0 Å². The molecule has 2 rings (SSSR count). The monoisotopic (exact) mass is 290 g/mol. The van der Waals surface area contributed by atoms with Crippen LogP contribution in [0.5, 0.6) is 0 Å². The molecule has 2 aromatic heterocycles. The van der Waals surface area contributed by atoms with Crippen LogP contribution in [0.4, 0.5) is 13.2 Å². The van der Waals surface area contributed by atoms with Crippen LogP contribution in [0, 0.1) is 0 Å². The van der Waals surface area contributed by atoms with Gasteiger partial charge in [0.2, 0.25) is 0 Å². The molecular formula is C11H10ClF3N4. The summed E-state index contributed by atoms with van der Waals surface area (Å²) in [5.41, 5.74) is -0.840. The van der Waals surface area contributed by atoms with E-state index in [0.717, 1.165) is 17.1 Å². The van der Waals surface area contributed by atoms with Crippen LogP contribution >= 0.6 is 11.6 Å². The molecule has 102 valence electrons. The maximum atomic E-state index is 12.5. The third-order valence-electron chi connectivity index (χ3n) is 2.36. The highest BCUT2D eigenvalue weighted by atomic mass is 35.5. The number of hydrogen-bond donors (Lipinski definition) is 0. The van der Waals surface area contributed by atoms with Crippen molar-refractivity contribution < 1.29 is 13.2 Å². The second-order valence-electron chi connectivity index (χ2n) is 4.23. The van der Waals surface area contributed by atoms with Gasteiger partial charge in [0, 0.05) is 18.2 Å². The van der Waals surface area contributed by atoms with E-state index in [2.05, 4.69) is 15.1 Å². The topological polar surface area (TPSA) is 43.6 Å². The fraction of sp³-hybridized carbons (Fsp3) is 0.364. The highest BCUT2D eigenvalue weighted by Crippen LogP contribution is 2.29. The Kier molecular flexibility index (Phi) is 3.49. The molecule has 4 nitrogen and oxygen atoms in total. The summed E-state index contributed by atoms with van der Waals surface area (Å²) < 4.78 is 38.5. The molecule has 2 aromatic rings. The van der Waals surface area contributed by atoms with Gasteiger partial charge in [0.1, 0.15) is 11.0 Å². The summed E-state index contributed by atoms with van der Waals surface area (Å²) in [4.78, 5) is 8.14. The van der Waals surface area contributed by atoms with Gasteiger partial charge < -0.3 is 0 Å². The first kappa shape index (κ1) is 13.8. The van der Waals surface area contributed by atoms with Crippen molar-refractivity contribution in [2.45, 2.75) is 25.9 Å². The van der Waals surface area contributed by atoms with E-state index in [1.54, 1.807) is 0 Å². The predicted octanol–water partition coefficient (Wildman–Crippen LogP) is 3.46. The van der Waals surface area contributed by atoms with E-state index >= 15 is 0 Å². The van der Waals surface area contributed by atoms with E-state index < -0.39 is 11.7 Å². The van der Waals surface area contributed by atoms with Crippen molar-refractivity contribution in [1.82, 2.24) is 19.7 Å². The zero-order chi connectivity index (χ0) is 14.2. The molecule has 0 radical (unpaired) electrons. The van der Waals surface area contributed by atoms with Gasteiger partial charge in [0.25, 0.3) is 0 Å². The Morgan fingerprint density at radius 1 is 1.26 bits per heavy atom. The molecule has 0 bridgehead atoms. The minimum Gasteiger partial charge on any atom is -0.222 e. The maximum Gasteiger partial charge on any atom is 0.419 e. The molecule has 0 saturated carbocycles. The van der Waals surface area contributed by atoms with E-state index in [4.69, 9.17) is 11.6 Å². The Hall–Kier alpha value is -1.63. The molecule has 0 fully saturated rings. The summed E-state index contributed by atoms with van der Waals surface area (Å²) in [6.45, 7) is 3.72. The molecule has 8 heteroatoms. The molecule has 0 saturated heterocycles. The Morgan fingerprint density at radius 3 is 2.47 bits per heavy atom. The number of rotatable bonds is 2. The fourth-order valence-electron chi connectivity index (χ4n) is 1.39. The van der Waals surface area contributed by atoms with Crippen molar-refractivity contribution in [2.75, 3.05) is 0 Å². The lowest BCUT2D eigenvalue weighted by atomic mass is 10.2. The standard InChI is InChI=1S/C11H10ClF3N4/c1-6(2)10-17-8(12)3-9(18-10)19-5-7(4-16-19)11(13,14)15/h3-6H,1-2H3. The Morgan fingerprint density at radius 2 is 1.95 bits per heavy atom. The second-order valence-corrected chi connectivity index (χ2v) is 4.62. The molecule has 0 atom stereocenters. The molecule has 0 N–H and O–H groups in total. The number of nitrogens with zero attached hydrogens (tertiary/aromatic N) is 4. The molecule has 19 heavy (non-hydrogen) atoms. The highest BCUT2D eigenvalue weighted by Gasteiger charge is 2.32. The summed E-state index contributed by atoms with van der Waals surface area (Å²) in [6, 6.07) is 1.36. The summed E-state index contributed by atoms with van der Waals surface area (Å²) >= 11 is 5.83. The molecule has 0 amide bonds. The lowest BCUT2D eigenvalue weighted by molar-refractivity contribution is -0.137. The highest BCUT2D eigenvalue weighted by molar-refractivity contribution is 6.29. The van der Waals surface area contributed by atoms with Crippen LogP contribution in [-0.4, -0.2) is 19.7 Å². The lowest BCUT2D eigenvalue weighted by Gasteiger charge is -2.07. The van der Waals surface area contributed by atoms with E-state index in [1.807, 2.05) is 13.8 Å². The second kappa shape index (κ2) is 4.80. The van der Waals surface area contributed by atoms with Crippen LogP contribution in [0.2, 0.25) is 5.15 Å². The van der Waals surface area contributed by atoms with Crippen molar-refractivity contribution in [3.8, 4) is 5.82 Å². The van der Waals surface area contributed by atoms with Gasteiger partial charge in [0.05, 0.1) is 11.8 Å². The predicted molar refractivity (Wildman–Crippen MR) is 63.3 cm³/mol. The Balaban J connectivity index is 2.44. The molecule has 0 aliphatic carbocycles. The van der Waals surface area contributed by atoms with Crippen LogP contribution in [0.25, 0.3) is 5.82 Å². The number of aromatic nitrogens is 4.